The van der Waals surface area contributed by atoms with E-state index in [-0.39, 0.29) is 5.91 Å². The zero-order valence-corrected chi connectivity index (χ0v) is 12.3. The molecule has 0 aliphatic heterocycles. The van der Waals surface area contributed by atoms with E-state index in [2.05, 4.69) is 11.4 Å². The molecule has 0 radical (unpaired) electrons. The van der Waals surface area contributed by atoms with Crippen LogP contribution in [0.4, 0.5) is 0 Å². The van der Waals surface area contributed by atoms with Crippen molar-refractivity contribution < 1.29 is 4.79 Å². The number of nitrogens with zero attached hydrogens (tertiary/aromatic N) is 1. The second kappa shape index (κ2) is 6.23. The number of benzene rings is 2. The van der Waals surface area contributed by atoms with Crippen molar-refractivity contribution in [2.24, 2.45) is 0 Å². The van der Waals surface area contributed by atoms with Crippen LogP contribution < -0.4 is 5.32 Å². The summed E-state index contributed by atoms with van der Waals surface area (Å²) in [6.45, 7) is 4.23. The summed E-state index contributed by atoms with van der Waals surface area (Å²) in [4.78, 5) is 12.4. The molecule has 0 aliphatic carbocycles. The van der Waals surface area contributed by atoms with Crippen LogP contribution in [0.25, 0.3) is 0 Å². The highest BCUT2D eigenvalue weighted by Gasteiger charge is 2.29. The molecule has 0 aliphatic rings. The summed E-state index contributed by atoms with van der Waals surface area (Å²) in [5.74, 6) is -0.0314. The van der Waals surface area contributed by atoms with Crippen molar-refractivity contribution in [1.29, 1.82) is 5.26 Å². The number of nitriles is 1. The minimum atomic E-state index is -0.589. The van der Waals surface area contributed by atoms with Crippen molar-refractivity contribution in [3.63, 3.8) is 0 Å². The topological polar surface area (TPSA) is 52.9 Å². The van der Waals surface area contributed by atoms with Gasteiger partial charge in [-0.3, -0.25) is 4.79 Å². The summed E-state index contributed by atoms with van der Waals surface area (Å²) in [5.41, 5.74) is 1.91. The average Bonchev–Trinajstić information content (AvgIpc) is 2.53. The van der Waals surface area contributed by atoms with Crippen LogP contribution in [0.1, 0.15) is 30.5 Å². The fraction of sp³-hybridized carbons (Fsp3) is 0.222. The normalized spacial score (nSPS) is 10.7. The van der Waals surface area contributed by atoms with Gasteiger partial charge in [0.05, 0.1) is 17.0 Å². The molecule has 0 aromatic heterocycles. The summed E-state index contributed by atoms with van der Waals surface area (Å²) in [6.07, 6.45) is 0. The molecule has 0 spiro atoms. The predicted molar refractivity (Wildman–Crippen MR) is 82.5 cm³/mol. The Morgan fingerprint density at radius 1 is 1.14 bits per heavy atom. The number of rotatable bonds is 4. The molecule has 2 aromatic rings. The summed E-state index contributed by atoms with van der Waals surface area (Å²) in [5, 5.41) is 11.8. The molecule has 3 nitrogen and oxygen atoms in total. The van der Waals surface area contributed by atoms with Crippen molar-refractivity contribution in [2.45, 2.75) is 25.8 Å². The number of carbonyl (C=O) groups is 1. The van der Waals surface area contributed by atoms with Crippen molar-refractivity contribution in [1.82, 2.24) is 5.32 Å². The number of nitrogens with one attached hydrogen (secondary N) is 1. The third-order valence-electron chi connectivity index (χ3n) is 3.57. The second-order valence-electron chi connectivity index (χ2n) is 5.49. The molecule has 0 saturated heterocycles. The van der Waals surface area contributed by atoms with E-state index in [0.29, 0.717) is 12.1 Å². The lowest BCUT2D eigenvalue weighted by molar-refractivity contribution is -0.125. The third-order valence-corrected chi connectivity index (χ3v) is 3.57. The van der Waals surface area contributed by atoms with Gasteiger partial charge >= 0.3 is 0 Å². The van der Waals surface area contributed by atoms with Gasteiger partial charge < -0.3 is 5.32 Å². The van der Waals surface area contributed by atoms with Gasteiger partial charge in [0, 0.05) is 6.54 Å². The van der Waals surface area contributed by atoms with E-state index in [1.54, 1.807) is 12.1 Å². The van der Waals surface area contributed by atoms with Gasteiger partial charge in [-0.25, -0.2) is 0 Å². The van der Waals surface area contributed by atoms with E-state index >= 15 is 0 Å². The molecule has 0 fully saturated rings. The molecular weight excluding hydrogens is 260 g/mol. The first-order chi connectivity index (χ1) is 10.0. The highest BCUT2D eigenvalue weighted by atomic mass is 16.2. The summed E-state index contributed by atoms with van der Waals surface area (Å²) in [7, 11) is 0. The first-order valence-electron chi connectivity index (χ1n) is 6.87. The third kappa shape index (κ3) is 3.49. The molecule has 3 heteroatoms. The van der Waals surface area contributed by atoms with E-state index in [9.17, 15) is 4.79 Å². The van der Waals surface area contributed by atoms with Gasteiger partial charge in [-0.05, 0) is 37.1 Å². The van der Waals surface area contributed by atoms with Gasteiger partial charge in [-0.1, -0.05) is 42.5 Å². The average molecular weight is 278 g/mol. The Kier molecular flexibility index (Phi) is 4.39. The molecule has 21 heavy (non-hydrogen) atoms. The highest BCUT2D eigenvalue weighted by Crippen LogP contribution is 2.23. The first kappa shape index (κ1) is 14.8. The van der Waals surface area contributed by atoms with Gasteiger partial charge in [-0.2, -0.15) is 5.26 Å². The molecule has 0 saturated carbocycles. The fourth-order valence-corrected chi connectivity index (χ4v) is 2.14. The highest BCUT2D eigenvalue weighted by molar-refractivity contribution is 5.87. The van der Waals surface area contributed by atoms with Gasteiger partial charge in [0.2, 0.25) is 5.91 Å². The monoisotopic (exact) mass is 278 g/mol. The number of hydrogen-bond donors (Lipinski definition) is 1. The molecule has 106 valence electrons. The Morgan fingerprint density at radius 3 is 2.52 bits per heavy atom. The van der Waals surface area contributed by atoms with Crippen molar-refractivity contribution in [3.8, 4) is 6.07 Å². The van der Waals surface area contributed by atoms with E-state index in [0.717, 1.165) is 11.1 Å². The van der Waals surface area contributed by atoms with Crippen LogP contribution in [-0.4, -0.2) is 5.91 Å². The maximum absolute atomic E-state index is 12.4. The van der Waals surface area contributed by atoms with Crippen LogP contribution in [0.2, 0.25) is 0 Å². The standard InChI is InChI=1S/C18H18N2O/c1-18(2,16-9-4-3-5-10-16)17(21)20-13-15-8-6-7-14(11-15)12-19/h3-11H,13H2,1-2H3,(H,20,21). The Hall–Kier alpha value is -2.60. The van der Waals surface area contributed by atoms with Crippen molar-refractivity contribution in [2.75, 3.05) is 0 Å². The zero-order valence-electron chi connectivity index (χ0n) is 12.3. The van der Waals surface area contributed by atoms with E-state index in [1.165, 1.54) is 0 Å². The SMILES string of the molecule is CC(C)(C(=O)NCc1cccc(C#N)c1)c1ccccc1. The minimum absolute atomic E-state index is 0.0314. The molecule has 2 aromatic carbocycles. The van der Waals surface area contributed by atoms with Gasteiger partial charge in [0.15, 0.2) is 0 Å². The van der Waals surface area contributed by atoms with Crippen LogP contribution in [-0.2, 0) is 16.8 Å². The molecule has 1 amide bonds. The number of amides is 1. The van der Waals surface area contributed by atoms with Crippen molar-refractivity contribution in [3.05, 3.63) is 71.3 Å². The van der Waals surface area contributed by atoms with Crippen LogP contribution in [0.3, 0.4) is 0 Å². The lowest BCUT2D eigenvalue weighted by Gasteiger charge is -2.24. The molecule has 2 rings (SSSR count). The molecule has 0 bridgehead atoms. The smallest absolute Gasteiger partial charge is 0.230 e. The molecular formula is C18H18N2O. The summed E-state index contributed by atoms with van der Waals surface area (Å²) < 4.78 is 0. The molecule has 0 atom stereocenters. The summed E-state index contributed by atoms with van der Waals surface area (Å²) >= 11 is 0. The van der Waals surface area contributed by atoms with Crippen LogP contribution in [0.5, 0.6) is 0 Å². The van der Waals surface area contributed by atoms with E-state index < -0.39 is 5.41 Å². The summed E-state index contributed by atoms with van der Waals surface area (Å²) in [6, 6.07) is 19.1. The Labute approximate surface area is 125 Å². The largest absolute Gasteiger partial charge is 0.351 e. The number of carbonyl (C=O) groups excluding carboxylic acids is 1. The lowest BCUT2D eigenvalue weighted by atomic mass is 9.84. The van der Waals surface area contributed by atoms with Gasteiger partial charge in [-0.15, -0.1) is 0 Å². The second-order valence-corrected chi connectivity index (χ2v) is 5.49. The zero-order chi connectivity index (χ0) is 15.3. The molecule has 0 unspecified atom stereocenters. The van der Waals surface area contributed by atoms with E-state index in [4.69, 9.17) is 5.26 Å². The Bertz CT molecular complexity index is 669. The minimum Gasteiger partial charge on any atom is -0.351 e. The lowest BCUT2D eigenvalue weighted by Crippen LogP contribution is -2.39. The van der Waals surface area contributed by atoms with Crippen molar-refractivity contribution >= 4 is 5.91 Å². The first-order valence-corrected chi connectivity index (χ1v) is 6.87. The number of hydrogen-bond acceptors (Lipinski definition) is 2. The van der Waals surface area contributed by atoms with E-state index in [1.807, 2.05) is 56.3 Å². The Morgan fingerprint density at radius 2 is 1.86 bits per heavy atom. The van der Waals surface area contributed by atoms with Crippen LogP contribution in [0, 0.1) is 11.3 Å². The molecule has 1 N–H and O–H groups in total. The quantitative estimate of drug-likeness (QED) is 0.934. The fourth-order valence-electron chi connectivity index (χ4n) is 2.14. The van der Waals surface area contributed by atoms with Gasteiger partial charge in [0.25, 0.3) is 0 Å². The van der Waals surface area contributed by atoms with Crippen LogP contribution in [0.15, 0.2) is 54.6 Å². The maximum atomic E-state index is 12.4. The predicted octanol–water partition coefficient (Wildman–Crippen LogP) is 3.15. The Balaban J connectivity index is 2.06. The van der Waals surface area contributed by atoms with Gasteiger partial charge in [0.1, 0.15) is 0 Å². The maximum Gasteiger partial charge on any atom is 0.230 e. The molecule has 0 heterocycles. The van der Waals surface area contributed by atoms with Crippen LogP contribution >= 0.6 is 0 Å².